The Labute approximate surface area is 239 Å². The van der Waals surface area contributed by atoms with Gasteiger partial charge in [-0.05, 0) is 49.7 Å². The van der Waals surface area contributed by atoms with Crippen LogP contribution in [0.25, 0.3) is 11.1 Å². The molecule has 0 unspecified atom stereocenters. The lowest BCUT2D eigenvalue weighted by molar-refractivity contribution is -0.127. The van der Waals surface area contributed by atoms with Crippen molar-refractivity contribution < 1.29 is 27.9 Å². The predicted molar refractivity (Wildman–Crippen MR) is 148 cm³/mol. The molecule has 1 aromatic carbocycles. The number of hydrogen-bond acceptors (Lipinski definition) is 9. The highest BCUT2D eigenvalue weighted by atomic mass is 19.1. The van der Waals surface area contributed by atoms with Crippen LogP contribution in [0, 0.1) is 5.82 Å². The molecule has 13 heteroatoms. The number of aromatic amines is 1. The van der Waals surface area contributed by atoms with Crippen molar-refractivity contribution in [2.45, 2.75) is 37.3 Å². The number of halogens is 1. The first-order chi connectivity index (χ1) is 20.4. The number of carbonyl (C=O) groups excluding carboxylic acids is 3. The Morgan fingerprint density at radius 3 is 2.74 bits per heavy atom. The number of hydrogen-bond donors (Lipinski definition) is 3. The lowest BCUT2D eigenvalue weighted by Gasteiger charge is -2.34. The van der Waals surface area contributed by atoms with E-state index in [-0.39, 0.29) is 42.6 Å². The number of amides is 3. The number of nitrogens with zero attached hydrogens (tertiary/aromatic N) is 4. The van der Waals surface area contributed by atoms with Crippen LogP contribution in [0.4, 0.5) is 15.9 Å². The topological polar surface area (TPSA) is 146 Å². The van der Waals surface area contributed by atoms with Crippen molar-refractivity contribution in [3.05, 3.63) is 65.4 Å². The third-order valence-electron chi connectivity index (χ3n) is 8.40. The van der Waals surface area contributed by atoms with E-state index in [4.69, 9.17) is 14.1 Å². The van der Waals surface area contributed by atoms with Crippen LogP contribution in [0.2, 0.25) is 0 Å². The van der Waals surface area contributed by atoms with E-state index in [1.165, 1.54) is 18.1 Å². The minimum atomic E-state index is -1.50. The smallest absolute Gasteiger partial charge is 0.257 e. The maximum atomic E-state index is 15.0. The zero-order valence-electron chi connectivity index (χ0n) is 22.8. The van der Waals surface area contributed by atoms with E-state index >= 15 is 4.39 Å². The van der Waals surface area contributed by atoms with E-state index in [9.17, 15) is 14.4 Å². The molecule has 4 aromatic rings. The molecule has 3 N–H and O–H groups in total. The van der Waals surface area contributed by atoms with Crippen LogP contribution >= 0.6 is 0 Å². The molecular weight excluding hydrogens is 545 g/mol. The molecule has 2 fully saturated rings. The fourth-order valence-corrected chi connectivity index (χ4v) is 6.31. The first kappa shape index (κ1) is 26.1. The quantitative estimate of drug-likeness (QED) is 0.284. The van der Waals surface area contributed by atoms with Gasteiger partial charge in [0.1, 0.15) is 22.5 Å². The second-order valence-electron chi connectivity index (χ2n) is 10.9. The molecule has 2 saturated heterocycles. The molecule has 0 radical (unpaired) electrons. The summed E-state index contributed by atoms with van der Waals surface area (Å²) in [6.07, 6.45) is 5.20. The van der Waals surface area contributed by atoms with Gasteiger partial charge in [-0.1, -0.05) is 6.07 Å². The number of pyridine rings is 1. The van der Waals surface area contributed by atoms with Crippen molar-refractivity contribution >= 4 is 40.3 Å². The average Bonchev–Trinajstić information content (AvgIpc) is 3.77. The van der Waals surface area contributed by atoms with Crippen molar-refractivity contribution in [3.8, 4) is 5.75 Å². The number of anilines is 2. The van der Waals surface area contributed by atoms with Crippen LogP contribution in [0.5, 0.6) is 5.75 Å². The van der Waals surface area contributed by atoms with Gasteiger partial charge in [0.15, 0.2) is 17.1 Å². The van der Waals surface area contributed by atoms with Gasteiger partial charge in [-0.15, -0.1) is 0 Å². The normalized spacial score (nSPS) is 20.8. The highest BCUT2D eigenvalue weighted by Crippen LogP contribution is 2.40. The maximum Gasteiger partial charge on any atom is 0.257 e. The predicted octanol–water partition coefficient (Wildman–Crippen LogP) is 2.53. The second-order valence-corrected chi connectivity index (χ2v) is 10.9. The minimum absolute atomic E-state index is 0.0411. The standard InChI is InChI=1S/C29H28FN7O5/c1-41-21-3-2-16-14-36(27(39)25(16)26(21)30)15-29(11-24(38)35-28(29)40)22-10-19-20(42-22)4-5-23(34-19)37(18-12-32-33-13-18)17-6-8-31-9-7-17/h2-5,10,12-13,17,31H,6-9,11,14-15H2,1H3,(H,32,33)(H,35,38,40)/t29-/m1/s1. The number of carbonyl (C=O) groups is 3. The number of rotatable bonds is 7. The Balaban J connectivity index is 1.25. The molecule has 0 saturated carbocycles. The van der Waals surface area contributed by atoms with Gasteiger partial charge in [0, 0.05) is 31.4 Å². The number of nitrogens with one attached hydrogen (secondary N) is 3. The zero-order chi connectivity index (χ0) is 29.0. The van der Waals surface area contributed by atoms with Crippen molar-refractivity contribution in [3.63, 3.8) is 0 Å². The molecule has 3 amide bonds. The van der Waals surface area contributed by atoms with Crippen LogP contribution in [0.1, 0.15) is 40.9 Å². The van der Waals surface area contributed by atoms with E-state index in [2.05, 4.69) is 25.7 Å². The van der Waals surface area contributed by atoms with Gasteiger partial charge in [0.2, 0.25) is 11.8 Å². The Morgan fingerprint density at radius 2 is 2.02 bits per heavy atom. The molecule has 42 heavy (non-hydrogen) atoms. The highest BCUT2D eigenvalue weighted by molar-refractivity contribution is 6.10. The lowest BCUT2D eigenvalue weighted by Crippen LogP contribution is -2.46. The van der Waals surface area contributed by atoms with E-state index in [1.54, 1.807) is 24.4 Å². The first-order valence-corrected chi connectivity index (χ1v) is 13.8. The van der Waals surface area contributed by atoms with Gasteiger partial charge >= 0.3 is 0 Å². The number of H-pyrrole nitrogens is 1. The largest absolute Gasteiger partial charge is 0.494 e. The van der Waals surface area contributed by atoms with Gasteiger partial charge < -0.3 is 24.3 Å². The van der Waals surface area contributed by atoms with Gasteiger partial charge in [0.25, 0.3) is 5.91 Å². The Hall–Kier alpha value is -4.78. The number of fused-ring (bicyclic) bond motifs is 2. The van der Waals surface area contributed by atoms with Crippen molar-refractivity contribution in [1.82, 2.24) is 30.7 Å². The molecule has 6 heterocycles. The molecule has 7 rings (SSSR count). The van der Waals surface area contributed by atoms with E-state index in [0.717, 1.165) is 31.6 Å². The number of methoxy groups -OCH3 is 1. The van der Waals surface area contributed by atoms with Gasteiger partial charge in [0.05, 0.1) is 31.0 Å². The monoisotopic (exact) mass is 573 g/mol. The highest BCUT2D eigenvalue weighted by Gasteiger charge is 2.53. The Kier molecular flexibility index (Phi) is 6.19. The number of imide groups is 1. The molecule has 0 spiro atoms. The van der Waals surface area contributed by atoms with Crippen LogP contribution < -0.4 is 20.3 Å². The van der Waals surface area contributed by atoms with Crippen LogP contribution in [0.3, 0.4) is 0 Å². The SMILES string of the molecule is COc1ccc2c(c1F)C(=O)N(C[C@@]1(c3cc4nc(N(c5cn[nH]c5)C5CCNCC5)ccc4o3)CC(=O)NC1=O)C2. The summed E-state index contributed by atoms with van der Waals surface area (Å²) in [5.74, 6) is -1.53. The van der Waals surface area contributed by atoms with Gasteiger partial charge in [-0.2, -0.15) is 5.10 Å². The fourth-order valence-electron chi connectivity index (χ4n) is 6.31. The van der Waals surface area contributed by atoms with Crippen molar-refractivity contribution in [2.24, 2.45) is 0 Å². The van der Waals surface area contributed by atoms with E-state index < -0.39 is 29.0 Å². The molecule has 3 aromatic heterocycles. The van der Waals surface area contributed by atoms with Crippen molar-refractivity contribution in [2.75, 3.05) is 31.6 Å². The molecule has 216 valence electrons. The molecule has 1 atom stereocenters. The molecule has 3 aliphatic rings. The molecule has 12 nitrogen and oxygen atoms in total. The second kappa shape index (κ2) is 9.94. The number of benzene rings is 1. The third-order valence-corrected chi connectivity index (χ3v) is 8.40. The maximum absolute atomic E-state index is 15.0. The first-order valence-electron chi connectivity index (χ1n) is 13.8. The zero-order valence-corrected chi connectivity index (χ0v) is 22.8. The summed E-state index contributed by atoms with van der Waals surface area (Å²) >= 11 is 0. The summed E-state index contributed by atoms with van der Waals surface area (Å²) in [4.78, 5) is 47.7. The third kappa shape index (κ3) is 4.11. The average molecular weight is 574 g/mol. The van der Waals surface area contributed by atoms with Crippen molar-refractivity contribution in [1.29, 1.82) is 0 Å². The number of piperidine rings is 1. The summed E-state index contributed by atoms with van der Waals surface area (Å²) in [7, 11) is 1.33. The van der Waals surface area contributed by atoms with Crippen LogP contribution in [-0.2, 0) is 21.5 Å². The number of furan rings is 1. The fraction of sp³-hybridized carbons (Fsp3) is 0.345. The molecular formula is C29H28FN7O5. The minimum Gasteiger partial charge on any atom is -0.494 e. The van der Waals surface area contributed by atoms with Crippen LogP contribution in [0.15, 0.2) is 47.1 Å². The molecule has 3 aliphatic heterocycles. The number of ether oxygens (including phenoxy) is 1. The van der Waals surface area contributed by atoms with Gasteiger partial charge in [-0.3, -0.25) is 24.8 Å². The van der Waals surface area contributed by atoms with Gasteiger partial charge in [-0.25, -0.2) is 9.37 Å². The molecule has 0 aliphatic carbocycles. The Bertz CT molecular complexity index is 1710. The molecule has 0 bridgehead atoms. The summed E-state index contributed by atoms with van der Waals surface area (Å²) in [6.45, 7) is 1.68. The Morgan fingerprint density at radius 1 is 1.19 bits per heavy atom. The summed E-state index contributed by atoms with van der Waals surface area (Å²) in [5, 5.41) is 12.7. The summed E-state index contributed by atoms with van der Waals surface area (Å²) in [5.41, 5.74) is 0.697. The summed E-state index contributed by atoms with van der Waals surface area (Å²) in [6, 6.07) is 8.59. The van der Waals surface area contributed by atoms with E-state index in [0.29, 0.717) is 22.5 Å². The van der Waals surface area contributed by atoms with Crippen LogP contribution in [-0.4, -0.2) is 70.6 Å². The summed E-state index contributed by atoms with van der Waals surface area (Å²) < 4.78 is 26.2. The van der Waals surface area contributed by atoms with E-state index in [1.807, 2.05) is 12.3 Å². The number of aromatic nitrogens is 3. The lowest BCUT2D eigenvalue weighted by atomic mass is 9.82.